The summed E-state index contributed by atoms with van der Waals surface area (Å²) < 4.78 is 6.75. The highest BCUT2D eigenvalue weighted by atomic mass is 79.9. The van der Waals surface area contributed by atoms with Crippen molar-refractivity contribution in [3.05, 3.63) is 28.2 Å². The van der Waals surface area contributed by atoms with Crippen LogP contribution in [0.3, 0.4) is 0 Å². The van der Waals surface area contributed by atoms with Gasteiger partial charge in [0.05, 0.1) is 0 Å². The molecule has 0 radical (unpaired) electrons. The average Bonchev–Trinajstić information content (AvgIpc) is 2.37. The minimum atomic E-state index is -0.384. The van der Waals surface area contributed by atoms with Crippen LogP contribution in [0.15, 0.2) is 22.7 Å². The fourth-order valence-corrected chi connectivity index (χ4v) is 2.06. The van der Waals surface area contributed by atoms with E-state index in [1.54, 1.807) is 0 Å². The molecule has 3 nitrogen and oxygen atoms in total. The lowest BCUT2D eigenvalue weighted by Crippen LogP contribution is -2.20. The van der Waals surface area contributed by atoms with Crippen molar-refractivity contribution in [3.63, 3.8) is 0 Å². The lowest BCUT2D eigenvalue weighted by atomic mass is 10.1. The SMILES string of the molecule is CCC(C#N)Oc1ccc(Br)cc1CNCC(C)C. The summed E-state index contributed by atoms with van der Waals surface area (Å²) >= 11 is 3.47. The molecule has 0 aliphatic heterocycles. The normalized spacial score (nSPS) is 12.2. The van der Waals surface area contributed by atoms with Crippen LogP contribution in [-0.2, 0) is 6.54 Å². The number of nitrogens with one attached hydrogen (secondary N) is 1. The van der Waals surface area contributed by atoms with E-state index in [-0.39, 0.29) is 6.10 Å². The van der Waals surface area contributed by atoms with E-state index in [1.165, 1.54) is 0 Å². The first-order valence-electron chi connectivity index (χ1n) is 6.62. The molecule has 0 aliphatic carbocycles. The molecule has 0 saturated carbocycles. The van der Waals surface area contributed by atoms with E-state index in [1.807, 2.05) is 25.1 Å². The molecule has 19 heavy (non-hydrogen) atoms. The Morgan fingerprint density at radius 3 is 2.74 bits per heavy atom. The smallest absolute Gasteiger partial charge is 0.184 e. The first kappa shape index (κ1) is 16.0. The van der Waals surface area contributed by atoms with Crippen LogP contribution in [0, 0.1) is 17.2 Å². The Morgan fingerprint density at radius 1 is 1.42 bits per heavy atom. The van der Waals surface area contributed by atoms with Gasteiger partial charge in [-0.25, -0.2) is 0 Å². The average molecular weight is 325 g/mol. The van der Waals surface area contributed by atoms with Gasteiger partial charge in [0.2, 0.25) is 0 Å². The summed E-state index contributed by atoms with van der Waals surface area (Å²) in [6, 6.07) is 8.05. The van der Waals surface area contributed by atoms with Crippen LogP contribution >= 0.6 is 15.9 Å². The Balaban J connectivity index is 2.76. The quantitative estimate of drug-likeness (QED) is 0.827. The fourth-order valence-electron chi connectivity index (χ4n) is 1.65. The molecule has 0 fully saturated rings. The van der Waals surface area contributed by atoms with Crippen LogP contribution in [0.2, 0.25) is 0 Å². The number of hydrogen-bond donors (Lipinski definition) is 1. The highest BCUT2D eigenvalue weighted by Gasteiger charge is 2.10. The van der Waals surface area contributed by atoms with Gasteiger partial charge in [0.1, 0.15) is 11.8 Å². The van der Waals surface area contributed by atoms with E-state index in [0.717, 1.165) is 28.9 Å². The molecule has 0 bridgehead atoms. The Labute approximate surface area is 124 Å². The van der Waals surface area contributed by atoms with E-state index >= 15 is 0 Å². The van der Waals surface area contributed by atoms with Gasteiger partial charge in [-0.15, -0.1) is 0 Å². The molecule has 0 heterocycles. The second-order valence-electron chi connectivity index (χ2n) is 4.92. The summed E-state index contributed by atoms with van der Waals surface area (Å²) in [5.41, 5.74) is 1.07. The molecular formula is C15H21BrN2O. The second-order valence-corrected chi connectivity index (χ2v) is 5.84. The van der Waals surface area contributed by atoms with Crippen LogP contribution in [0.25, 0.3) is 0 Å². The van der Waals surface area contributed by atoms with Crippen molar-refractivity contribution in [2.75, 3.05) is 6.54 Å². The highest BCUT2D eigenvalue weighted by Crippen LogP contribution is 2.24. The van der Waals surface area contributed by atoms with E-state index in [0.29, 0.717) is 12.3 Å². The number of hydrogen-bond acceptors (Lipinski definition) is 3. The molecule has 0 aliphatic rings. The third kappa shape index (κ3) is 5.63. The number of ether oxygens (including phenoxy) is 1. The predicted octanol–water partition coefficient (Wildman–Crippen LogP) is 3.88. The van der Waals surface area contributed by atoms with Gasteiger partial charge in [-0.05, 0) is 37.1 Å². The lowest BCUT2D eigenvalue weighted by molar-refractivity contribution is 0.249. The van der Waals surface area contributed by atoms with Crippen molar-refractivity contribution < 1.29 is 4.74 Å². The van der Waals surface area contributed by atoms with Crippen LogP contribution < -0.4 is 10.1 Å². The number of halogens is 1. The maximum atomic E-state index is 8.98. The van der Waals surface area contributed by atoms with Gasteiger partial charge in [0, 0.05) is 16.6 Å². The molecule has 104 valence electrons. The molecular weight excluding hydrogens is 304 g/mol. The highest BCUT2D eigenvalue weighted by molar-refractivity contribution is 9.10. The number of nitrogens with zero attached hydrogens (tertiary/aromatic N) is 1. The van der Waals surface area contributed by atoms with Crippen molar-refractivity contribution >= 4 is 15.9 Å². The van der Waals surface area contributed by atoms with Crippen LogP contribution in [-0.4, -0.2) is 12.6 Å². The minimum Gasteiger partial charge on any atom is -0.475 e. The summed E-state index contributed by atoms with van der Waals surface area (Å²) in [5.74, 6) is 1.40. The molecule has 1 N–H and O–H groups in total. The Bertz CT molecular complexity index is 440. The zero-order valence-corrected chi connectivity index (χ0v) is 13.3. The molecule has 1 aromatic carbocycles. The topological polar surface area (TPSA) is 45.0 Å². The van der Waals surface area contributed by atoms with E-state index in [9.17, 15) is 0 Å². The van der Waals surface area contributed by atoms with Gasteiger partial charge in [0.15, 0.2) is 6.10 Å². The molecule has 0 amide bonds. The first-order chi connectivity index (χ1) is 9.06. The van der Waals surface area contributed by atoms with E-state index < -0.39 is 0 Å². The first-order valence-corrected chi connectivity index (χ1v) is 7.41. The maximum absolute atomic E-state index is 8.98. The molecule has 1 aromatic rings. The zero-order chi connectivity index (χ0) is 14.3. The monoisotopic (exact) mass is 324 g/mol. The van der Waals surface area contributed by atoms with Gasteiger partial charge < -0.3 is 10.1 Å². The zero-order valence-electron chi connectivity index (χ0n) is 11.7. The third-order valence-corrected chi connectivity index (χ3v) is 3.17. The molecule has 0 aromatic heterocycles. The molecule has 1 rings (SSSR count). The second kappa shape index (κ2) is 8.19. The van der Waals surface area contributed by atoms with Crippen LogP contribution in [0.1, 0.15) is 32.8 Å². The summed E-state index contributed by atoms with van der Waals surface area (Å²) in [6.45, 7) is 8.00. The van der Waals surface area contributed by atoms with Crippen molar-refractivity contribution in [2.24, 2.45) is 5.92 Å². The van der Waals surface area contributed by atoms with Crippen molar-refractivity contribution in [2.45, 2.75) is 39.8 Å². The Morgan fingerprint density at radius 2 is 2.16 bits per heavy atom. The summed E-state index contributed by atoms with van der Waals surface area (Å²) in [6.07, 6.45) is 0.302. The van der Waals surface area contributed by atoms with Crippen LogP contribution in [0.5, 0.6) is 5.75 Å². The fraction of sp³-hybridized carbons (Fsp3) is 0.533. The molecule has 4 heteroatoms. The third-order valence-electron chi connectivity index (χ3n) is 2.67. The standard InChI is InChI=1S/C15H21BrN2O/c1-4-14(8-17)19-15-6-5-13(16)7-12(15)10-18-9-11(2)3/h5-7,11,14,18H,4,9-10H2,1-3H3. The molecule has 0 spiro atoms. The van der Waals surface area contributed by atoms with Gasteiger partial charge >= 0.3 is 0 Å². The minimum absolute atomic E-state index is 0.384. The van der Waals surface area contributed by atoms with Gasteiger partial charge in [0.25, 0.3) is 0 Å². The van der Waals surface area contributed by atoms with E-state index in [2.05, 4.69) is 41.2 Å². The lowest BCUT2D eigenvalue weighted by Gasteiger charge is -2.16. The predicted molar refractivity (Wildman–Crippen MR) is 81.0 cm³/mol. The molecule has 1 atom stereocenters. The van der Waals surface area contributed by atoms with Gasteiger partial charge in [-0.3, -0.25) is 0 Å². The number of rotatable bonds is 7. The Kier molecular flexibility index (Phi) is 6.90. The van der Waals surface area contributed by atoms with Crippen molar-refractivity contribution in [3.8, 4) is 11.8 Å². The van der Waals surface area contributed by atoms with Gasteiger partial charge in [-0.1, -0.05) is 36.7 Å². The maximum Gasteiger partial charge on any atom is 0.184 e. The van der Waals surface area contributed by atoms with E-state index in [4.69, 9.17) is 10.00 Å². The molecule has 0 saturated heterocycles. The number of nitriles is 1. The van der Waals surface area contributed by atoms with Crippen LogP contribution in [0.4, 0.5) is 0 Å². The number of benzene rings is 1. The van der Waals surface area contributed by atoms with Crippen molar-refractivity contribution in [1.29, 1.82) is 5.26 Å². The summed E-state index contributed by atoms with van der Waals surface area (Å²) in [7, 11) is 0. The largest absolute Gasteiger partial charge is 0.475 e. The summed E-state index contributed by atoms with van der Waals surface area (Å²) in [5, 5.41) is 12.4. The summed E-state index contributed by atoms with van der Waals surface area (Å²) in [4.78, 5) is 0. The van der Waals surface area contributed by atoms with Gasteiger partial charge in [-0.2, -0.15) is 5.26 Å². The molecule has 1 unspecified atom stereocenters. The van der Waals surface area contributed by atoms with Crippen molar-refractivity contribution in [1.82, 2.24) is 5.32 Å². The Hall–Kier alpha value is -1.05.